The van der Waals surface area contributed by atoms with Crippen LogP contribution in [0.25, 0.3) is 6.08 Å². The van der Waals surface area contributed by atoms with Crippen molar-refractivity contribution in [3.63, 3.8) is 0 Å². The number of aliphatic imine (C=N–C) groups is 1. The number of carbonyl (C=O) groups excluding carboxylic acids is 1. The van der Waals surface area contributed by atoms with Gasteiger partial charge in [0.05, 0.1) is 12.2 Å². The molecule has 1 aliphatic rings. The van der Waals surface area contributed by atoms with Crippen molar-refractivity contribution in [3.8, 4) is 5.75 Å². The lowest BCUT2D eigenvalue weighted by Gasteiger charge is -2.04. The van der Waals surface area contributed by atoms with E-state index in [9.17, 15) is 9.18 Å². The van der Waals surface area contributed by atoms with E-state index in [0.29, 0.717) is 6.61 Å². The summed E-state index contributed by atoms with van der Waals surface area (Å²) in [5.41, 5.74) is 1.08. The van der Waals surface area contributed by atoms with Crippen molar-refractivity contribution in [1.82, 2.24) is 0 Å². The van der Waals surface area contributed by atoms with Gasteiger partial charge in [0.25, 0.3) is 0 Å². The second-order valence-electron chi connectivity index (χ2n) is 5.23. The van der Waals surface area contributed by atoms with Crippen LogP contribution in [0.3, 0.4) is 0 Å². The average molecular weight is 325 g/mol. The molecular weight excluding hydrogens is 309 g/mol. The standard InChI is InChI=1S/C19H16FNO3/c1-2-11-23-14-9-7-13(8-10-14)12-17-19(22)24-18(21-17)15-5-3-4-6-16(15)20/h3-10,12H,2,11H2,1H3. The summed E-state index contributed by atoms with van der Waals surface area (Å²) in [4.78, 5) is 16.0. The molecule has 0 N–H and O–H groups in total. The molecule has 0 aromatic heterocycles. The van der Waals surface area contributed by atoms with Gasteiger partial charge in [0, 0.05) is 0 Å². The third-order valence-electron chi connectivity index (χ3n) is 3.38. The summed E-state index contributed by atoms with van der Waals surface area (Å²) in [6.45, 7) is 2.69. The van der Waals surface area contributed by atoms with Crippen LogP contribution in [0.2, 0.25) is 0 Å². The first kappa shape index (κ1) is 15.9. The maximum absolute atomic E-state index is 13.8. The van der Waals surface area contributed by atoms with E-state index in [1.165, 1.54) is 12.1 Å². The normalized spacial score (nSPS) is 15.3. The molecule has 0 amide bonds. The zero-order valence-electron chi connectivity index (χ0n) is 13.2. The van der Waals surface area contributed by atoms with Gasteiger partial charge in [-0.2, -0.15) is 0 Å². The van der Waals surface area contributed by atoms with Gasteiger partial charge in [-0.15, -0.1) is 0 Å². The van der Waals surface area contributed by atoms with Crippen LogP contribution < -0.4 is 4.74 Å². The molecule has 0 saturated carbocycles. The van der Waals surface area contributed by atoms with Crippen molar-refractivity contribution in [2.24, 2.45) is 4.99 Å². The van der Waals surface area contributed by atoms with Gasteiger partial charge in [-0.25, -0.2) is 14.2 Å². The molecule has 0 fully saturated rings. The summed E-state index contributed by atoms with van der Waals surface area (Å²) >= 11 is 0. The summed E-state index contributed by atoms with van der Waals surface area (Å²) in [5.74, 6) is -0.335. The van der Waals surface area contributed by atoms with E-state index in [4.69, 9.17) is 9.47 Å². The number of hydrogen-bond donors (Lipinski definition) is 0. The number of nitrogens with zero attached hydrogens (tertiary/aromatic N) is 1. The highest BCUT2D eigenvalue weighted by Crippen LogP contribution is 2.21. The molecule has 0 bridgehead atoms. The van der Waals surface area contributed by atoms with Crippen molar-refractivity contribution in [3.05, 3.63) is 71.2 Å². The molecule has 122 valence electrons. The fourth-order valence-electron chi connectivity index (χ4n) is 2.20. The Labute approximate surface area is 139 Å². The van der Waals surface area contributed by atoms with Gasteiger partial charge in [0.15, 0.2) is 5.70 Å². The average Bonchev–Trinajstić information content (AvgIpc) is 2.95. The van der Waals surface area contributed by atoms with Crippen LogP contribution in [-0.2, 0) is 9.53 Å². The summed E-state index contributed by atoms with van der Waals surface area (Å²) in [6, 6.07) is 13.3. The maximum atomic E-state index is 13.8. The molecule has 0 unspecified atom stereocenters. The van der Waals surface area contributed by atoms with Gasteiger partial charge in [-0.3, -0.25) is 0 Å². The Hall–Kier alpha value is -2.95. The molecule has 1 heterocycles. The molecule has 1 aliphatic heterocycles. The Morgan fingerprint density at radius 2 is 1.92 bits per heavy atom. The lowest BCUT2D eigenvalue weighted by atomic mass is 10.2. The number of carbonyl (C=O) groups is 1. The van der Waals surface area contributed by atoms with Crippen LogP contribution in [-0.4, -0.2) is 18.5 Å². The lowest BCUT2D eigenvalue weighted by molar-refractivity contribution is -0.129. The summed E-state index contributed by atoms with van der Waals surface area (Å²) in [7, 11) is 0. The Bertz CT molecular complexity index is 810. The van der Waals surface area contributed by atoms with Gasteiger partial charge in [0.1, 0.15) is 11.6 Å². The SMILES string of the molecule is CCCOc1ccc(C=C2N=C(c3ccccc3F)OC2=O)cc1. The summed E-state index contributed by atoms with van der Waals surface area (Å²) in [5, 5.41) is 0. The Morgan fingerprint density at radius 3 is 2.62 bits per heavy atom. The van der Waals surface area contributed by atoms with Crippen LogP contribution in [0, 0.1) is 5.82 Å². The minimum atomic E-state index is -0.598. The monoisotopic (exact) mass is 325 g/mol. The maximum Gasteiger partial charge on any atom is 0.363 e. The van der Waals surface area contributed by atoms with E-state index >= 15 is 0 Å². The Morgan fingerprint density at radius 1 is 1.17 bits per heavy atom. The third-order valence-corrected chi connectivity index (χ3v) is 3.38. The van der Waals surface area contributed by atoms with Crippen molar-refractivity contribution >= 4 is 17.9 Å². The molecule has 3 rings (SSSR count). The van der Waals surface area contributed by atoms with E-state index in [0.717, 1.165) is 17.7 Å². The van der Waals surface area contributed by atoms with E-state index in [-0.39, 0.29) is 17.2 Å². The minimum absolute atomic E-state index is 0.0211. The molecule has 24 heavy (non-hydrogen) atoms. The highest BCUT2D eigenvalue weighted by molar-refractivity contribution is 6.12. The minimum Gasteiger partial charge on any atom is -0.494 e. The molecular formula is C19H16FNO3. The largest absolute Gasteiger partial charge is 0.494 e. The quantitative estimate of drug-likeness (QED) is 0.617. The molecule has 2 aromatic carbocycles. The second-order valence-corrected chi connectivity index (χ2v) is 5.23. The molecule has 5 heteroatoms. The molecule has 0 atom stereocenters. The first-order chi connectivity index (χ1) is 11.7. The number of cyclic esters (lactones) is 1. The number of hydrogen-bond acceptors (Lipinski definition) is 4. The van der Waals surface area contributed by atoms with Gasteiger partial charge < -0.3 is 9.47 Å². The van der Waals surface area contributed by atoms with Gasteiger partial charge in [-0.05, 0) is 42.3 Å². The van der Waals surface area contributed by atoms with Gasteiger partial charge in [0.2, 0.25) is 5.90 Å². The smallest absolute Gasteiger partial charge is 0.363 e. The predicted molar refractivity (Wildman–Crippen MR) is 89.2 cm³/mol. The number of ether oxygens (including phenoxy) is 2. The van der Waals surface area contributed by atoms with E-state index in [1.807, 2.05) is 31.2 Å². The zero-order valence-corrected chi connectivity index (χ0v) is 13.2. The van der Waals surface area contributed by atoms with E-state index in [2.05, 4.69) is 4.99 Å². The number of rotatable bonds is 5. The third kappa shape index (κ3) is 3.51. The van der Waals surface area contributed by atoms with Crippen LogP contribution in [0.4, 0.5) is 4.39 Å². The Balaban J connectivity index is 1.82. The van der Waals surface area contributed by atoms with Crippen molar-refractivity contribution in [2.75, 3.05) is 6.61 Å². The second kappa shape index (κ2) is 7.08. The zero-order chi connectivity index (χ0) is 16.9. The molecule has 0 aliphatic carbocycles. The number of benzene rings is 2. The molecule has 0 saturated heterocycles. The first-order valence-electron chi connectivity index (χ1n) is 7.67. The lowest BCUT2D eigenvalue weighted by Crippen LogP contribution is -2.07. The molecule has 4 nitrogen and oxygen atoms in total. The molecule has 0 spiro atoms. The van der Waals surface area contributed by atoms with Crippen LogP contribution in [0.1, 0.15) is 24.5 Å². The van der Waals surface area contributed by atoms with Crippen molar-refractivity contribution in [1.29, 1.82) is 0 Å². The van der Waals surface area contributed by atoms with Crippen molar-refractivity contribution in [2.45, 2.75) is 13.3 Å². The van der Waals surface area contributed by atoms with Crippen molar-refractivity contribution < 1.29 is 18.7 Å². The fourth-order valence-corrected chi connectivity index (χ4v) is 2.20. The van der Waals surface area contributed by atoms with Gasteiger partial charge >= 0.3 is 5.97 Å². The summed E-state index contributed by atoms with van der Waals surface area (Å²) in [6.07, 6.45) is 2.53. The van der Waals surface area contributed by atoms with E-state index in [1.54, 1.807) is 18.2 Å². The highest BCUT2D eigenvalue weighted by atomic mass is 19.1. The topological polar surface area (TPSA) is 47.9 Å². The number of halogens is 1. The summed E-state index contributed by atoms with van der Waals surface area (Å²) < 4.78 is 24.3. The van der Waals surface area contributed by atoms with E-state index < -0.39 is 11.8 Å². The first-order valence-corrected chi connectivity index (χ1v) is 7.67. The van der Waals surface area contributed by atoms with Crippen LogP contribution >= 0.6 is 0 Å². The van der Waals surface area contributed by atoms with Gasteiger partial charge in [-0.1, -0.05) is 31.2 Å². The number of esters is 1. The highest BCUT2D eigenvalue weighted by Gasteiger charge is 2.25. The Kier molecular flexibility index (Phi) is 4.70. The molecule has 2 aromatic rings. The predicted octanol–water partition coefficient (Wildman–Crippen LogP) is 3.96. The van der Waals surface area contributed by atoms with Crippen LogP contribution in [0.5, 0.6) is 5.75 Å². The fraction of sp³-hybridized carbons (Fsp3) is 0.158. The van der Waals surface area contributed by atoms with Crippen LogP contribution in [0.15, 0.2) is 59.2 Å². The molecule has 0 radical (unpaired) electrons.